The molecule has 0 radical (unpaired) electrons. The van der Waals surface area contributed by atoms with Gasteiger partial charge in [0, 0.05) is 31.9 Å². The molecular weight excluding hydrogens is 300 g/mol. The molecule has 1 fully saturated rings. The molecule has 2 rings (SSSR count). The van der Waals surface area contributed by atoms with Crippen molar-refractivity contribution in [1.82, 2.24) is 9.84 Å². The molecule has 1 aromatic rings. The molecule has 1 saturated heterocycles. The van der Waals surface area contributed by atoms with Crippen molar-refractivity contribution in [2.24, 2.45) is 0 Å². The summed E-state index contributed by atoms with van der Waals surface area (Å²) >= 11 is 0. The first kappa shape index (κ1) is 15.6. The Morgan fingerprint density at radius 2 is 2.00 bits per heavy atom. The van der Waals surface area contributed by atoms with Crippen molar-refractivity contribution in [3.05, 3.63) is 28.3 Å². The van der Waals surface area contributed by atoms with E-state index in [1.807, 2.05) is 0 Å². The van der Waals surface area contributed by atoms with Crippen LogP contribution < -0.4 is 10.1 Å². The van der Waals surface area contributed by atoms with Crippen LogP contribution in [0.15, 0.2) is 23.1 Å². The van der Waals surface area contributed by atoms with Gasteiger partial charge >= 0.3 is 0 Å². The zero-order valence-electron chi connectivity index (χ0n) is 11.4. The van der Waals surface area contributed by atoms with Crippen molar-refractivity contribution < 1.29 is 18.1 Å². The molecule has 0 saturated carbocycles. The quantitative estimate of drug-likeness (QED) is 0.587. The highest BCUT2D eigenvalue weighted by molar-refractivity contribution is 7.89. The van der Waals surface area contributed by atoms with E-state index in [-0.39, 0.29) is 4.90 Å². The van der Waals surface area contributed by atoms with E-state index in [9.17, 15) is 18.5 Å². The molecule has 0 spiro atoms. The van der Waals surface area contributed by atoms with Gasteiger partial charge in [-0.3, -0.25) is 10.1 Å². The average molecular weight is 316 g/mol. The van der Waals surface area contributed by atoms with E-state index in [1.54, 1.807) is 7.05 Å². The second kappa shape index (κ2) is 6.35. The molecule has 1 aromatic carbocycles. The van der Waals surface area contributed by atoms with Crippen molar-refractivity contribution in [2.75, 3.05) is 38.7 Å². The van der Waals surface area contributed by atoms with Gasteiger partial charge in [-0.15, -0.1) is 4.83 Å². The molecule has 10 heteroatoms. The first-order valence-electron chi connectivity index (χ1n) is 6.25. The van der Waals surface area contributed by atoms with Crippen molar-refractivity contribution in [3.8, 4) is 0 Å². The normalized spacial score (nSPS) is 16.6. The second-order valence-corrected chi connectivity index (χ2v) is 6.01. The number of hydrogen-bond acceptors (Lipinski definition) is 7. The minimum absolute atomic E-state index is 0.370. The van der Waals surface area contributed by atoms with Crippen LogP contribution in [0.4, 0.5) is 11.4 Å². The molecule has 0 atom stereocenters. The highest BCUT2D eigenvalue weighted by Crippen LogP contribution is 2.27. The van der Waals surface area contributed by atoms with E-state index in [0.717, 1.165) is 0 Å². The molecule has 21 heavy (non-hydrogen) atoms. The number of sulfonamides is 1. The number of ether oxygens (including phenoxy) is 1. The molecule has 0 bridgehead atoms. The number of hydrogen-bond donors (Lipinski definition) is 2. The van der Waals surface area contributed by atoms with Gasteiger partial charge < -0.3 is 10.1 Å². The summed E-state index contributed by atoms with van der Waals surface area (Å²) in [5.74, 6) is 0. The van der Waals surface area contributed by atoms with Crippen molar-refractivity contribution in [2.45, 2.75) is 4.90 Å². The maximum atomic E-state index is 12.4. The van der Waals surface area contributed by atoms with E-state index in [1.165, 1.54) is 23.2 Å². The fourth-order valence-corrected chi connectivity index (χ4v) is 3.23. The molecule has 0 aliphatic carbocycles. The largest absolute Gasteiger partial charge is 0.388 e. The first-order valence-corrected chi connectivity index (χ1v) is 7.73. The lowest BCUT2D eigenvalue weighted by Crippen LogP contribution is -2.48. The molecule has 0 unspecified atom stereocenters. The molecular formula is C11H16N4O5S. The maximum absolute atomic E-state index is 12.4. The number of morpholine rings is 1. The van der Waals surface area contributed by atoms with Crippen molar-refractivity contribution >= 4 is 21.4 Å². The standard InChI is InChI=1S/C11H16N4O5S/c1-12-9-2-3-10(15(16)17)11(8-9)21(18,19)13-14-4-6-20-7-5-14/h2-3,8,12-13H,4-7H2,1H3. The van der Waals surface area contributed by atoms with Gasteiger partial charge in [-0.25, -0.2) is 13.4 Å². The summed E-state index contributed by atoms with van der Waals surface area (Å²) in [6.07, 6.45) is 0. The van der Waals surface area contributed by atoms with E-state index in [4.69, 9.17) is 4.74 Å². The van der Waals surface area contributed by atoms with Crippen LogP contribution in [0, 0.1) is 10.1 Å². The summed E-state index contributed by atoms with van der Waals surface area (Å²) in [6.45, 7) is 1.58. The topological polar surface area (TPSA) is 114 Å². The summed E-state index contributed by atoms with van der Waals surface area (Å²) in [6, 6.07) is 3.85. The van der Waals surface area contributed by atoms with Crippen LogP contribution in [-0.4, -0.2) is 51.7 Å². The SMILES string of the molecule is CNc1ccc([N+](=O)[O-])c(S(=O)(=O)NN2CCOCC2)c1. The number of benzene rings is 1. The van der Waals surface area contributed by atoms with E-state index >= 15 is 0 Å². The third-order valence-electron chi connectivity index (χ3n) is 3.00. The lowest BCUT2D eigenvalue weighted by atomic mass is 10.3. The molecule has 1 heterocycles. The lowest BCUT2D eigenvalue weighted by Gasteiger charge is -2.26. The molecule has 9 nitrogen and oxygen atoms in total. The van der Waals surface area contributed by atoms with Crippen LogP contribution in [0.25, 0.3) is 0 Å². The van der Waals surface area contributed by atoms with Crippen LogP contribution in [0.5, 0.6) is 0 Å². The summed E-state index contributed by atoms with van der Waals surface area (Å²) in [7, 11) is -2.43. The van der Waals surface area contributed by atoms with Gasteiger partial charge in [0.15, 0.2) is 4.90 Å². The lowest BCUT2D eigenvalue weighted by molar-refractivity contribution is -0.387. The number of nitrogens with one attached hydrogen (secondary N) is 2. The summed E-state index contributed by atoms with van der Waals surface area (Å²) in [5.41, 5.74) is 0.0118. The van der Waals surface area contributed by atoms with Crippen molar-refractivity contribution in [3.63, 3.8) is 0 Å². The summed E-state index contributed by atoms with van der Waals surface area (Å²) < 4.78 is 29.9. The predicted octanol–water partition coefficient (Wildman–Crippen LogP) is 0.162. The highest BCUT2D eigenvalue weighted by Gasteiger charge is 2.28. The van der Waals surface area contributed by atoms with Crippen LogP contribution in [-0.2, 0) is 14.8 Å². The van der Waals surface area contributed by atoms with Gasteiger partial charge in [0.2, 0.25) is 0 Å². The molecule has 0 amide bonds. The fourth-order valence-electron chi connectivity index (χ4n) is 1.91. The van der Waals surface area contributed by atoms with E-state index in [0.29, 0.717) is 32.0 Å². The minimum Gasteiger partial charge on any atom is -0.388 e. The third-order valence-corrected chi connectivity index (χ3v) is 4.40. The number of nitrogens with zero attached hydrogens (tertiary/aromatic N) is 2. The van der Waals surface area contributed by atoms with Crippen LogP contribution in [0.1, 0.15) is 0 Å². The van der Waals surface area contributed by atoms with Gasteiger partial charge in [-0.2, -0.15) is 0 Å². The Kier molecular flexibility index (Phi) is 4.73. The van der Waals surface area contributed by atoms with E-state index < -0.39 is 20.6 Å². The number of hydrazine groups is 1. The number of rotatable bonds is 5. The minimum atomic E-state index is -4.03. The van der Waals surface area contributed by atoms with Gasteiger partial charge in [0.05, 0.1) is 18.1 Å². The van der Waals surface area contributed by atoms with Crippen LogP contribution >= 0.6 is 0 Å². The van der Waals surface area contributed by atoms with Gasteiger partial charge in [0.1, 0.15) is 0 Å². The summed E-state index contributed by atoms with van der Waals surface area (Å²) in [4.78, 5) is 12.3. The Labute approximate surface area is 122 Å². The Bertz CT molecular complexity index is 628. The fraction of sp³-hybridized carbons (Fsp3) is 0.455. The van der Waals surface area contributed by atoms with Gasteiger partial charge in [0.25, 0.3) is 15.7 Å². The zero-order chi connectivity index (χ0) is 15.5. The molecule has 1 aliphatic heterocycles. The molecule has 2 N–H and O–H groups in total. The van der Waals surface area contributed by atoms with Gasteiger partial charge in [-0.05, 0) is 12.1 Å². The number of nitro groups is 1. The molecule has 116 valence electrons. The Hall–Kier alpha value is -1.75. The number of nitro benzene ring substituents is 1. The van der Waals surface area contributed by atoms with E-state index in [2.05, 4.69) is 10.1 Å². The maximum Gasteiger partial charge on any atom is 0.289 e. The first-order chi connectivity index (χ1) is 9.94. The predicted molar refractivity (Wildman–Crippen MR) is 75.4 cm³/mol. The van der Waals surface area contributed by atoms with Crippen LogP contribution in [0.2, 0.25) is 0 Å². The Balaban J connectivity index is 2.35. The van der Waals surface area contributed by atoms with Gasteiger partial charge in [-0.1, -0.05) is 0 Å². The Morgan fingerprint density at radius 3 is 2.57 bits per heavy atom. The second-order valence-electron chi connectivity index (χ2n) is 4.38. The number of anilines is 1. The Morgan fingerprint density at radius 1 is 1.33 bits per heavy atom. The monoisotopic (exact) mass is 316 g/mol. The van der Waals surface area contributed by atoms with Crippen LogP contribution in [0.3, 0.4) is 0 Å². The van der Waals surface area contributed by atoms with Crippen molar-refractivity contribution in [1.29, 1.82) is 0 Å². The molecule has 0 aromatic heterocycles. The average Bonchev–Trinajstić information content (AvgIpc) is 2.47. The molecule has 1 aliphatic rings. The highest BCUT2D eigenvalue weighted by atomic mass is 32.2. The third kappa shape index (κ3) is 3.67. The smallest absolute Gasteiger partial charge is 0.289 e. The zero-order valence-corrected chi connectivity index (χ0v) is 12.2. The summed E-state index contributed by atoms with van der Waals surface area (Å²) in [5, 5.41) is 15.2.